The van der Waals surface area contributed by atoms with Crippen molar-refractivity contribution in [2.45, 2.75) is 57.0 Å². The number of rotatable bonds is 11. The average molecular weight is 496 g/mol. The molecule has 2 aromatic rings. The van der Waals surface area contributed by atoms with Gasteiger partial charge >= 0.3 is 5.97 Å². The smallest absolute Gasteiger partial charge is 0.303 e. The molecule has 1 saturated heterocycles. The number of carbonyl (C=O) groups is 1. The predicted molar refractivity (Wildman–Crippen MR) is 142 cm³/mol. The summed E-state index contributed by atoms with van der Waals surface area (Å²) in [7, 11) is 0. The monoisotopic (exact) mass is 495 g/mol. The van der Waals surface area contributed by atoms with Crippen molar-refractivity contribution in [3.63, 3.8) is 0 Å². The van der Waals surface area contributed by atoms with Gasteiger partial charge in [0.25, 0.3) is 0 Å². The molecule has 1 aliphatic heterocycles. The minimum absolute atomic E-state index is 0.00190. The average Bonchev–Trinajstić information content (AvgIpc) is 3.20. The Balaban J connectivity index is 1.38. The Morgan fingerprint density at radius 1 is 1.03 bits per heavy atom. The van der Waals surface area contributed by atoms with Crippen molar-refractivity contribution in [2.75, 3.05) is 24.6 Å². The van der Waals surface area contributed by atoms with Gasteiger partial charge in [0, 0.05) is 49.4 Å². The van der Waals surface area contributed by atoms with Gasteiger partial charge in [0.15, 0.2) is 0 Å². The van der Waals surface area contributed by atoms with Crippen molar-refractivity contribution in [1.29, 1.82) is 0 Å². The van der Waals surface area contributed by atoms with Gasteiger partial charge in [-0.3, -0.25) is 9.69 Å². The minimum atomic E-state index is -0.745. The molecule has 0 aromatic heterocycles. The quantitative estimate of drug-likeness (QED) is 0.328. The first kappa shape index (κ1) is 26.0. The third-order valence-corrected chi connectivity index (χ3v) is 8.06. The topological polar surface area (TPSA) is 70.0 Å². The number of carboxylic acids is 1. The number of allylic oxidation sites excluding steroid dienone is 2. The molecule has 4 rings (SSSR count). The molecule has 6 heteroatoms. The standard InChI is InChI=1S/C29H37NO4S/c31-26-20-27(34-21-22-12-14-24(15-13-22)23-8-4-3-5-9-23)25(10-6-1-2-7-11-28(32)33)29(26)30-16-18-35-19-17-30/h1,3-6,8-9,12-15,25-27,29,31H,2,7,10-11,16-21H2,(H,32,33)/b6-1+. The lowest BCUT2D eigenvalue weighted by molar-refractivity contribution is -0.137. The van der Waals surface area contributed by atoms with E-state index in [1.54, 1.807) is 0 Å². The van der Waals surface area contributed by atoms with Crippen LogP contribution in [0.25, 0.3) is 11.1 Å². The molecule has 1 aliphatic carbocycles. The maximum atomic E-state index is 11.0. The van der Waals surface area contributed by atoms with Gasteiger partial charge in [-0.15, -0.1) is 0 Å². The molecule has 0 amide bonds. The minimum Gasteiger partial charge on any atom is -0.481 e. The molecule has 35 heavy (non-hydrogen) atoms. The number of nitrogens with zero attached hydrogens (tertiary/aromatic N) is 1. The highest BCUT2D eigenvalue weighted by Crippen LogP contribution is 2.37. The highest BCUT2D eigenvalue weighted by atomic mass is 32.2. The number of unbranched alkanes of at least 4 members (excludes halogenated alkanes) is 1. The van der Waals surface area contributed by atoms with Crippen LogP contribution in [0.5, 0.6) is 0 Å². The molecule has 0 spiro atoms. The van der Waals surface area contributed by atoms with Crippen molar-refractivity contribution in [3.05, 3.63) is 72.3 Å². The fraction of sp³-hybridized carbons (Fsp3) is 0.483. The van der Waals surface area contributed by atoms with Crippen LogP contribution in [0.1, 0.15) is 37.7 Å². The second-order valence-corrected chi connectivity index (χ2v) is 10.7. The number of thioether (sulfide) groups is 1. The molecular formula is C29H37NO4S. The summed E-state index contributed by atoms with van der Waals surface area (Å²) in [6.07, 6.45) is 7.02. The molecule has 1 heterocycles. The fourth-order valence-electron chi connectivity index (χ4n) is 5.30. The van der Waals surface area contributed by atoms with E-state index in [1.807, 2.05) is 17.8 Å². The largest absolute Gasteiger partial charge is 0.481 e. The maximum absolute atomic E-state index is 11.0. The molecule has 188 valence electrons. The number of hydrogen-bond donors (Lipinski definition) is 2. The number of ether oxygens (including phenoxy) is 1. The van der Waals surface area contributed by atoms with E-state index >= 15 is 0 Å². The van der Waals surface area contributed by atoms with Gasteiger partial charge in [-0.05, 0) is 36.0 Å². The summed E-state index contributed by atoms with van der Waals surface area (Å²) in [4.78, 5) is 13.2. The second-order valence-electron chi connectivity index (χ2n) is 9.51. The Hall–Kier alpha value is -2.12. The normalized spacial score (nSPS) is 25.3. The van der Waals surface area contributed by atoms with Crippen molar-refractivity contribution in [3.8, 4) is 11.1 Å². The highest BCUT2D eigenvalue weighted by Gasteiger charge is 2.45. The van der Waals surface area contributed by atoms with Gasteiger partial charge in [-0.1, -0.05) is 66.7 Å². The third-order valence-electron chi connectivity index (χ3n) is 7.11. The number of benzene rings is 2. The van der Waals surface area contributed by atoms with E-state index in [0.717, 1.165) is 43.0 Å². The Kier molecular flexibility index (Phi) is 9.83. The summed E-state index contributed by atoms with van der Waals surface area (Å²) < 4.78 is 6.44. The van der Waals surface area contributed by atoms with Crippen LogP contribution < -0.4 is 0 Å². The van der Waals surface area contributed by atoms with E-state index in [-0.39, 0.29) is 30.6 Å². The van der Waals surface area contributed by atoms with Crippen molar-refractivity contribution in [2.24, 2.45) is 5.92 Å². The molecule has 0 radical (unpaired) electrons. The number of hydrogen-bond acceptors (Lipinski definition) is 5. The van der Waals surface area contributed by atoms with Crippen LogP contribution in [0.3, 0.4) is 0 Å². The summed E-state index contributed by atoms with van der Waals surface area (Å²) in [5, 5.41) is 19.9. The van der Waals surface area contributed by atoms with E-state index in [2.05, 4.69) is 65.6 Å². The molecule has 1 saturated carbocycles. The predicted octanol–water partition coefficient (Wildman–Crippen LogP) is 5.24. The van der Waals surface area contributed by atoms with Gasteiger partial charge in [-0.25, -0.2) is 0 Å². The van der Waals surface area contributed by atoms with Crippen LogP contribution in [0.2, 0.25) is 0 Å². The summed E-state index contributed by atoms with van der Waals surface area (Å²) >= 11 is 1.98. The number of aliphatic carboxylic acids is 1. The molecule has 5 nitrogen and oxygen atoms in total. The molecule has 0 bridgehead atoms. The maximum Gasteiger partial charge on any atom is 0.303 e. The summed E-state index contributed by atoms with van der Waals surface area (Å²) in [5.41, 5.74) is 3.54. The highest BCUT2D eigenvalue weighted by molar-refractivity contribution is 7.99. The molecule has 2 fully saturated rings. The van der Waals surface area contributed by atoms with Crippen molar-refractivity contribution in [1.82, 2.24) is 4.90 Å². The zero-order chi connectivity index (χ0) is 24.5. The second kappa shape index (κ2) is 13.3. The van der Waals surface area contributed by atoms with Gasteiger partial charge in [-0.2, -0.15) is 11.8 Å². The van der Waals surface area contributed by atoms with Crippen LogP contribution in [0.15, 0.2) is 66.7 Å². The first-order valence-corrected chi connectivity index (χ1v) is 13.9. The molecule has 4 unspecified atom stereocenters. The summed E-state index contributed by atoms with van der Waals surface area (Å²) in [6.45, 7) is 2.56. The van der Waals surface area contributed by atoms with Crippen LogP contribution >= 0.6 is 11.8 Å². The SMILES string of the molecule is O=C(O)CCC/C=C/CC1C(OCc2ccc(-c3ccccc3)cc2)CC(O)C1N1CCSCC1. The van der Waals surface area contributed by atoms with E-state index in [4.69, 9.17) is 9.84 Å². The molecule has 2 aliphatic rings. The lowest BCUT2D eigenvalue weighted by Crippen LogP contribution is -2.48. The first-order chi connectivity index (χ1) is 17.1. The Morgan fingerprint density at radius 3 is 2.46 bits per heavy atom. The third kappa shape index (κ3) is 7.43. The zero-order valence-electron chi connectivity index (χ0n) is 20.3. The summed E-state index contributed by atoms with van der Waals surface area (Å²) in [6, 6.07) is 19.0. The molecule has 4 atom stereocenters. The van der Waals surface area contributed by atoms with Crippen LogP contribution in [0.4, 0.5) is 0 Å². The van der Waals surface area contributed by atoms with Gasteiger partial charge in [0.05, 0.1) is 18.8 Å². The van der Waals surface area contributed by atoms with E-state index < -0.39 is 5.97 Å². The fourth-order valence-corrected chi connectivity index (χ4v) is 6.23. The molecular weight excluding hydrogens is 458 g/mol. The van der Waals surface area contributed by atoms with E-state index in [9.17, 15) is 9.90 Å². The van der Waals surface area contributed by atoms with Crippen LogP contribution in [-0.4, -0.2) is 63.9 Å². The van der Waals surface area contributed by atoms with Crippen LogP contribution in [0, 0.1) is 5.92 Å². The Bertz CT molecular complexity index is 943. The number of aliphatic hydroxyl groups excluding tert-OH is 1. The number of aliphatic hydroxyl groups is 1. The van der Waals surface area contributed by atoms with Gasteiger partial charge in [0.1, 0.15) is 0 Å². The van der Waals surface area contributed by atoms with Gasteiger partial charge < -0.3 is 14.9 Å². The van der Waals surface area contributed by atoms with E-state index in [0.29, 0.717) is 19.4 Å². The zero-order valence-corrected chi connectivity index (χ0v) is 21.1. The van der Waals surface area contributed by atoms with Crippen molar-refractivity contribution < 1.29 is 19.7 Å². The van der Waals surface area contributed by atoms with E-state index in [1.165, 1.54) is 11.1 Å². The Morgan fingerprint density at radius 2 is 1.74 bits per heavy atom. The Labute approximate surface area is 213 Å². The summed E-state index contributed by atoms with van der Waals surface area (Å²) in [5.74, 6) is 1.71. The first-order valence-electron chi connectivity index (χ1n) is 12.7. The lowest BCUT2D eigenvalue weighted by atomic mass is 9.95. The van der Waals surface area contributed by atoms with Gasteiger partial charge in [0.2, 0.25) is 0 Å². The molecule has 2 N–H and O–H groups in total. The number of carboxylic acid groups (broad SMARTS) is 1. The molecule has 2 aromatic carbocycles. The van der Waals surface area contributed by atoms with Crippen LogP contribution in [-0.2, 0) is 16.1 Å². The lowest BCUT2D eigenvalue weighted by Gasteiger charge is -2.37. The van der Waals surface area contributed by atoms with Crippen molar-refractivity contribution >= 4 is 17.7 Å².